The Morgan fingerprint density at radius 3 is 2.57 bits per heavy atom. The Morgan fingerprint density at radius 1 is 1.13 bits per heavy atom. The summed E-state index contributed by atoms with van der Waals surface area (Å²) in [5, 5.41) is 8.59. The summed E-state index contributed by atoms with van der Waals surface area (Å²) in [5.41, 5.74) is 13.1. The molecule has 0 radical (unpaired) electrons. The van der Waals surface area contributed by atoms with Gasteiger partial charge in [-0.25, -0.2) is 9.98 Å². The van der Waals surface area contributed by atoms with Crippen molar-refractivity contribution in [2.75, 3.05) is 0 Å². The summed E-state index contributed by atoms with van der Waals surface area (Å²) < 4.78 is 1.02. The van der Waals surface area contributed by atoms with E-state index < -0.39 is 0 Å². The van der Waals surface area contributed by atoms with Gasteiger partial charge in [-0.05, 0) is 24.3 Å². The molecule has 1 aromatic heterocycles. The van der Waals surface area contributed by atoms with Crippen molar-refractivity contribution in [2.45, 2.75) is 0 Å². The number of aliphatic imine (C=N–C) groups is 1. The quantitative estimate of drug-likeness (QED) is 0.485. The minimum Gasteiger partial charge on any atom is -0.384 e. The summed E-state index contributed by atoms with van der Waals surface area (Å²) in [7, 11) is 0. The number of hydrogen-bond donors (Lipinski definition) is 3. The average Bonchev–Trinajstić information content (AvgIpc) is 2.88. The highest BCUT2D eigenvalue weighted by Gasteiger charge is 2.16. The van der Waals surface area contributed by atoms with Crippen LogP contribution in [0.2, 0.25) is 10.0 Å². The number of fused-ring (bicyclic) bond motifs is 1. The Hall–Kier alpha value is -2.15. The number of nitrogen functional groups attached to an aromatic ring is 1. The van der Waals surface area contributed by atoms with Crippen molar-refractivity contribution in [1.29, 1.82) is 5.41 Å². The van der Waals surface area contributed by atoms with Gasteiger partial charge in [0.15, 0.2) is 0 Å². The minimum atomic E-state index is -0.227. The standard InChI is InChI=1S/C15H11Cl2N5S/c16-8-6-5-7(12(17)11(8)13(18)19)14(20)22-15-21-9-3-1-2-4-10(9)23-15/h1-6H,(H3,18,19)(H2,20,21,22). The molecule has 0 saturated heterocycles. The van der Waals surface area contributed by atoms with E-state index in [0.717, 1.165) is 10.2 Å². The van der Waals surface area contributed by atoms with Crippen LogP contribution in [0.4, 0.5) is 5.13 Å². The van der Waals surface area contributed by atoms with Crippen LogP contribution in [0.15, 0.2) is 41.4 Å². The molecule has 0 aliphatic heterocycles. The molecule has 23 heavy (non-hydrogen) atoms. The Labute approximate surface area is 146 Å². The lowest BCUT2D eigenvalue weighted by Crippen LogP contribution is -2.18. The van der Waals surface area contributed by atoms with Crippen molar-refractivity contribution >= 4 is 61.6 Å². The third kappa shape index (κ3) is 3.01. The molecular formula is C15H11Cl2N5S. The molecule has 0 spiro atoms. The highest BCUT2D eigenvalue weighted by atomic mass is 35.5. The smallest absolute Gasteiger partial charge is 0.212 e. The average molecular weight is 364 g/mol. The van der Waals surface area contributed by atoms with Crippen LogP contribution in [0.1, 0.15) is 11.1 Å². The first-order valence-electron chi connectivity index (χ1n) is 6.50. The number of nitrogens with two attached hydrogens (primary N) is 2. The highest BCUT2D eigenvalue weighted by molar-refractivity contribution is 7.22. The Kier molecular flexibility index (Phi) is 4.21. The predicted octanol–water partition coefficient (Wildman–Crippen LogP) is 3.92. The third-order valence-corrected chi connectivity index (χ3v) is 4.77. The molecule has 0 fully saturated rings. The number of halogens is 2. The van der Waals surface area contributed by atoms with E-state index in [1.54, 1.807) is 12.1 Å². The van der Waals surface area contributed by atoms with Gasteiger partial charge >= 0.3 is 0 Å². The van der Waals surface area contributed by atoms with E-state index in [9.17, 15) is 0 Å². The van der Waals surface area contributed by atoms with Gasteiger partial charge in [0.05, 0.1) is 25.8 Å². The first-order chi connectivity index (χ1) is 11.0. The number of thiazole rings is 1. The summed E-state index contributed by atoms with van der Waals surface area (Å²) >= 11 is 13.7. The third-order valence-electron chi connectivity index (χ3n) is 3.14. The molecule has 0 unspecified atom stereocenters. The molecule has 116 valence electrons. The fourth-order valence-electron chi connectivity index (χ4n) is 2.07. The molecular weight excluding hydrogens is 353 g/mol. The zero-order valence-corrected chi connectivity index (χ0v) is 14.0. The Morgan fingerprint density at radius 2 is 1.87 bits per heavy atom. The monoisotopic (exact) mass is 363 g/mol. The van der Waals surface area contributed by atoms with Crippen LogP contribution >= 0.6 is 34.5 Å². The number of para-hydroxylation sites is 1. The molecule has 5 N–H and O–H groups in total. The largest absolute Gasteiger partial charge is 0.384 e. The molecule has 8 heteroatoms. The molecule has 5 nitrogen and oxygen atoms in total. The second-order valence-electron chi connectivity index (χ2n) is 4.66. The lowest BCUT2D eigenvalue weighted by Gasteiger charge is -2.09. The zero-order chi connectivity index (χ0) is 16.6. The van der Waals surface area contributed by atoms with Crippen LogP contribution in [-0.4, -0.2) is 16.7 Å². The van der Waals surface area contributed by atoms with Crippen molar-refractivity contribution in [3.8, 4) is 0 Å². The lowest BCUT2D eigenvalue weighted by atomic mass is 10.1. The van der Waals surface area contributed by atoms with E-state index in [0.29, 0.717) is 15.7 Å². The van der Waals surface area contributed by atoms with E-state index in [4.69, 9.17) is 40.1 Å². The molecule has 0 amide bonds. The second-order valence-corrected chi connectivity index (χ2v) is 6.45. The fourth-order valence-corrected chi connectivity index (χ4v) is 3.59. The summed E-state index contributed by atoms with van der Waals surface area (Å²) in [5.74, 6) is -0.0390. The Bertz CT molecular complexity index is 915. The van der Waals surface area contributed by atoms with Crippen molar-refractivity contribution in [3.05, 3.63) is 57.6 Å². The zero-order valence-electron chi connectivity index (χ0n) is 11.7. The number of amidine groups is 2. The summed E-state index contributed by atoms with van der Waals surface area (Å²) in [6.45, 7) is 0. The van der Waals surface area contributed by atoms with Gasteiger partial charge < -0.3 is 11.5 Å². The Balaban J connectivity index is 2.07. The first kappa shape index (κ1) is 15.7. The molecule has 0 aliphatic carbocycles. The fraction of sp³-hybridized carbons (Fsp3) is 0. The van der Waals surface area contributed by atoms with Gasteiger partial charge in [-0.2, -0.15) is 0 Å². The second kappa shape index (κ2) is 6.16. The van der Waals surface area contributed by atoms with Crippen LogP contribution in [-0.2, 0) is 0 Å². The van der Waals surface area contributed by atoms with Gasteiger partial charge in [-0.1, -0.05) is 46.7 Å². The van der Waals surface area contributed by atoms with Crippen molar-refractivity contribution in [2.24, 2.45) is 16.5 Å². The van der Waals surface area contributed by atoms with Crippen molar-refractivity contribution in [1.82, 2.24) is 4.98 Å². The van der Waals surface area contributed by atoms with Gasteiger partial charge in [0.25, 0.3) is 0 Å². The summed E-state index contributed by atoms with van der Waals surface area (Å²) in [6.07, 6.45) is 0. The van der Waals surface area contributed by atoms with E-state index in [1.807, 2.05) is 24.3 Å². The van der Waals surface area contributed by atoms with Gasteiger partial charge in [0.2, 0.25) is 5.13 Å². The van der Waals surface area contributed by atoms with Crippen LogP contribution in [0.25, 0.3) is 10.2 Å². The number of nitrogens with zero attached hydrogens (tertiary/aromatic N) is 2. The molecule has 0 aliphatic rings. The summed E-state index contributed by atoms with van der Waals surface area (Å²) in [4.78, 5) is 8.72. The van der Waals surface area contributed by atoms with Crippen molar-refractivity contribution in [3.63, 3.8) is 0 Å². The number of benzene rings is 2. The number of aromatic nitrogens is 1. The van der Waals surface area contributed by atoms with Crippen LogP contribution in [0.3, 0.4) is 0 Å². The van der Waals surface area contributed by atoms with Gasteiger partial charge in [-0.15, -0.1) is 0 Å². The molecule has 1 heterocycles. The molecule has 2 aromatic carbocycles. The van der Waals surface area contributed by atoms with Gasteiger partial charge in [0.1, 0.15) is 11.7 Å². The molecule has 3 aromatic rings. The predicted molar refractivity (Wildman–Crippen MR) is 97.5 cm³/mol. The maximum atomic E-state index is 7.57. The topological polar surface area (TPSA) is 101 Å². The maximum absolute atomic E-state index is 7.57. The van der Waals surface area contributed by atoms with Crippen molar-refractivity contribution < 1.29 is 0 Å². The number of hydrogen-bond acceptors (Lipinski definition) is 4. The highest BCUT2D eigenvalue weighted by Crippen LogP contribution is 2.30. The number of nitrogens with one attached hydrogen (secondary N) is 1. The van der Waals surface area contributed by atoms with Crippen LogP contribution in [0.5, 0.6) is 0 Å². The van der Waals surface area contributed by atoms with E-state index in [-0.39, 0.29) is 22.3 Å². The van der Waals surface area contributed by atoms with E-state index in [2.05, 4.69) is 9.98 Å². The molecule has 0 saturated carbocycles. The maximum Gasteiger partial charge on any atom is 0.212 e. The summed E-state index contributed by atoms with van der Waals surface area (Å²) in [6, 6.07) is 10.9. The molecule has 3 rings (SSSR count). The van der Waals surface area contributed by atoms with E-state index >= 15 is 0 Å². The van der Waals surface area contributed by atoms with Crippen LogP contribution < -0.4 is 11.5 Å². The van der Waals surface area contributed by atoms with Gasteiger partial charge in [-0.3, -0.25) is 5.41 Å². The first-order valence-corrected chi connectivity index (χ1v) is 8.07. The molecule has 0 bridgehead atoms. The number of rotatable bonds is 3. The van der Waals surface area contributed by atoms with E-state index in [1.165, 1.54) is 11.3 Å². The van der Waals surface area contributed by atoms with Crippen LogP contribution in [0, 0.1) is 5.41 Å². The SMILES string of the molecule is N=C(N)c1c(Cl)ccc(/C(N)=N/c2nc3ccccc3s2)c1Cl. The van der Waals surface area contributed by atoms with Gasteiger partial charge in [0, 0.05) is 5.56 Å². The molecule has 0 atom stereocenters. The lowest BCUT2D eigenvalue weighted by molar-refractivity contribution is 1.37. The normalized spacial score (nSPS) is 11.8. The minimum absolute atomic E-state index is 0.188.